The molecule has 1 unspecified atom stereocenters. The SMILES string of the molecule is Cc1cc(C2=NC(C(=O)O)CO2)ccc1NC(=O)OCc1ccccc1. The van der Waals surface area contributed by atoms with Crippen LogP contribution < -0.4 is 5.32 Å². The second kappa shape index (κ2) is 7.69. The number of carbonyl (C=O) groups is 2. The topological polar surface area (TPSA) is 97.2 Å². The molecule has 0 aromatic heterocycles. The number of amides is 1. The minimum absolute atomic E-state index is 0.0233. The monoisotopic (exact) mass is 354 g/mol. The lowest BCUT2D eigenvalue weighted by atomic mass is 10.1. The van der Waals surface area contributed by atoms with Gasteiger partial charge in [0.15, 0.2) is 6.04 Å². The number of aliphatic carboxylic acids is 1. The van der Waals surface area contributed by atoms with E-state index in [-0.39, 0.29) is 13.2 Å². The Morgan fingerprint density at radius 2 is 2.04 bits per heavy atom. The van der Waals surface area contributed by atoms with Crippen LogP contribution in [-0.2, 0) is 20.9 Å². The summed E-state index contributed by atoms with van der Waals surface area (Å²) >= 11 is 0. The van der Waals surface area contributed by atoms with Gasteiger partial charge in [0, 0.05) is 11.3 Å². The Hall–Kier alpha value is -3.35. The van der Waals surface area contributed by atoms with Crippen LogP contribution in [0.25, 0.3) is 0 Å². The number of hydrogen-bond acceptors (Lipinski definition) is 5. The molecule has 7 nitrogen and oxygen atoms in total. The number of carboxylic acids is 1. The molecule has 2 N–H and O–H groups in total. The molecule has 134 valence electrons. The molecule has 3 rings (SSSR count). The highest BCUT2D eigenvalue weighted by molar-refractivity contribution is 5.98. The third-order valence-corrected chi connectivity index (χ3v) is 3.86. The number of aryl methyl sites for hydroxylation is 1. The Morgan fingerprint density at radius 3 is 2.69 bits per heavy atom. The number of carbonyl (C=O) groups excluding carboxylic acids is 1. The van der Waals surface area contributed by atoms with Crippen LogP contribution in [0.4, 0.5) is 10.5 Å². The fraction of sp³-hybridized carbons (Fsp3) is 0.211. The summed E-state index contributed by atoms with van der Waals surface area (Å²) in [7, 11) is 0. The highest BCUT2D eigenvalue weighted by atomic mass is 16.5. The van der Waals surface area contributed by atoms with Crippen molar-refractivity contribution in [3.8, 4) is 0 Å². The summed E-state index contributed by atoms with van der Waals surface area (Å²) in [6, 6.07) is 13.7. The van der Waals surface area contributed by atoms with E-state index < -0.39 is 18.1 Å². The summed E-state index contributed by atoms with van der Waals surface area (Å²) in [5.74, 6) is -0.727. The molecular weight excluding hydrogens is 336 g/mol. The molecule has 0 radical (unpaired) electrons. The van der Waals surface area contributed by atoms with Gasteiger partial charge in [0.05, 0.1) is 0 Å². The number of hydrogen-bond donors (Lipinski definition) is 2. The molecule has 0 saturated carbocycles. The third kappa shape index (κ3) is 4.18. The molecule has 1 amide bonds. The van der Waals surface area contributed by atoms with E-state index in [9.17, 15) is 9.59 Å². The molecule has 1 aliphatic heterocycles. The van der Waals surface area contributed by atoms with E-state index in [1.54, 1.807) is 18.2 Å². The van der Waals surface area contributed by atoms with Gasteiger partial charge in [-0.2, -0.15) is 0 Å². The van der Waals surface area contributed by atoms with Crippen molar-refractivity contribution in [2.75, 3.05) is 11.9 Å². The van der Waals surface area contributed by atoms with Crippen molar-refractivity contribution in [3.05, 3.63) is 65.2 Å². The molecule has 0 aliphatic carbocycles. The first-order chi connectivity index (χ1) is 12.5. The fourth-order valence-corrected chi connectivity index (χ4v) is 2.46. The van der Waals surface area contributed by atoms with Gasteiger partial charge in [-0.1, -0.05) is 30.3 Å². The summed E-state index contributed by atoms with van der Waals surface area (Å²) in [4.78, 5) is 26.9. The average Bonchev–Trinajstić information content (AvgIpc) is 3.13. The number of benzene rings is 2. The number of ether oxygens (including phenoxy) is 2. The smallest absolute Gasteiger partial charge is 0.411 e. The molecule has 1 aliphatic rings. The van der Waals surface area contributed by atoms with Gasteiger partial charge in [0.25, 0.3) is 0 Å². The number of nitrogens with zero attached hydrogens (tertiary/aromatic N) is 1. The Morgan fingerprint density at radius 1 is 1.27 bits per heavy atom. The lowest BCUT2D eigenvalue weighted by Gasteiger charge is -2.11. The molecule has 0 bridgehead atoms. The van der Waals surface area contributed by atoms with Crippen LogP contribution in [0, 0.1) is 6.92 Å². The zero-order valence-corrected chi connectivity index (χ0v) is 14.1. The summed E-state index contributed by atoms with van der Waals surface area (Å²) in [6.45, 7) is 2.03. The zero-order valence-electron chi connectivity index (χ0n) is 14.1. The van der Waals surface area contributed by atoms with Crippen LogP contribution in [0.1, 0.15) is 16.7 Å². The summed E-state index contributed by atoms with van der Waals surface area (Å²) in [5.41, 5.74) is 2.94. The van der Waals surface area contributed by atoms with Crippen molar-refractivity contribution >= 4 is 23.6 Å². The largest absolute Gasteiger partial charge is 0.480 e. The number of rotatable bonds is 5. The standard InChI is InChI=1S/C19H18N2O5/c1-12-9-14(17-20-16(11-25-17)18(22)23)7-8-15(12)21-19(24)26-10-13-5-3-2-4-6-13/h2-9,16H,10-11H2,1H3,(H,21,24)(H,22,23). The number of aliphatic imine (C=N–C) groups is 1. The predicted molar refractivity (Wildman–Crippen MR) is 95.3 cm³/mol. The van der Waals surface area contributed by atoms with Crippen LogP contribution in [0.2, 0.25) is 0 Å². The van der Waals surface area contributed by atoms with Gasteiger partial charge in [-0.25, -0.2) is 14.6 Å². The van der Waals surface area contributed by atoms with Crippen molar-refractivity contribution in [2.45, 2.75) is 19.6 Å². The van der Waals surface area contributed by atoms with Gasteiger partial charge in [0.1, 0.15) is 13.2 Å². The first kappa shape index (κ1) is 17.5. The van der Waals surface area contributed by atoms with E-state index in [1.165, 1.54) is 0 Å². The van der Waals surface area contributed by atoms with Crippen molar-refractivity contribution in [2.24, 2.45) is 4.99 Å². The minimum Gasteiger partial charge on any atom is -0.480 e. The highest BCUT2D eigenvalue weighted by Crippen LogP contribution is 2.20. The van der Waals surface area contributed by atoms with Crippen LogP contribution >= 0.6 is 0 Å². The van der Waals surface area contributed by atoms with E-state index in [0.717, 1.165) is 11.1 Å². The Labute approximate surface area is 150 Å². The molecule has 2 aromatic carbocycles. The maximum absolute atomic E-state index is 12.0. The van der Waals surface area contributed by atoms with Crippen molar-refractivity contribution < 1.29 is 24.2 Å². The molecule has 1 heterocycles. The first-order valence-electron chi connectivity index (χ1n) is 8.05. The summed E-state index contributed by atoms with van der Waals surface area (Å²) < 4.78 is 10.5. The van der Waals surface area contributed by atoms with Crippen LogP contribution in [0.3, 0.4) is 0 Å². The van der Waals surface area contributed by atoms with Gasteiger partial charge in [-0.3, -0.25) is 5.32 Å². The second-order valence-electron chi connectivity index (χ2n) is 5.82. The average molecular weight is 354 g/mol. The maximum atomic E-state index is 12.0. The van der Waals surface area contributed by atoms with Gasteiger partial charge >= 0.3 is 12.1 Å². The third-order valence-electron chi connectivity index (χ3n) is 3.86. The molecule has 7 heteroatoms. The quantitative estimate of drug-likeness (QED) is 0.860. The normalized spacial score (nSPS) is 15.7. The Balaban J connectivity index is 1.62. The van der Waals surface area contributed by atoms with Gasteiger partial charge < -0.3 is 14.6 Å². The Kier molecular flexibility index (Phi) is 5.17. The van der Waals surface area contributed by atoms with E-state index in [2.05, 4.69) is 10.3 Å². The fourth-order valence-electron chi connectivity index (χ4n) is 2.46. The van der Waals surface area contributed by atoms with Crippen molar-refractivity contribution in [1.82, 2.24) is 0 Å². The molecule has 0 spiro atoms. The molecular formula is C19H18N2O5. The number of nitrogens with one attached hydrogen (secondary N) is 1. The minimum atomic E-state index is -1.02. The van der Waals surface area contributed by atoms with E-state index in [0.29, 0.717) is 17.1 Å². The van der Waals surface area contributed by atoms with Crippen molar-refractivity contribution in [3.63, 3.8) is 0 Å². The predicted octanol–water partition coefficient (Wildman–Crippen LogP) is 2.97. The van der Waals surface area contributed by atoms with Crippen LogP contribution in [-0.4, -0.2) is 35.7 Å². The van der Waals surface area contributed by atoms with Crippen LogP contribution in [0.15, 0.2) is 53.5 Å². The Bertz CT molecular complexity index is 848. The zero-order chi connectivity index (χ0) is 18.5. The molecule has 1 atom stereocenters. The molecule has 0 saturated heterocycles. The summed E-state index contributed by atoms with van der Waals surface area (Å²) in [5, 5.41) is 11.6. The van der Waals surface area contributed by atoms with Gasteiger partial charge in [-0.15, -0.1) is 0 Å². The highest BCUT2D eigenvalue weighted by Gasteiger charge is 2.26. The maximum Gasteiger partial charge on any atom is 0.411 e. The van der Waals surface area contributed by atoms with Gasteiger partial charge in [-0.05, 0) is 36.2 Å². The molecule has 26 heavy (non-hydrogen) atoms. The summed E-state index contributed by atoms with van der Waals surface area (Å²) in [6.07, 6.45) is -0.551. The first-order valence-corrected chi connectivity index (χ1v) is 8.05. The number of carboxylic acid groups (broad SMARTS) is 1. The van der Waals surface area contributed by atoms with Gasteiger partial charge in [0.2, 0.25) is 5.90 Å². The molecule has 0 fully saturated rings. The number of anilines is 1. The molecule has 2 aromatic rings. The van der Waals surface area contributed by atoms with Crippen molar-refractivity contribution in [1.29, 1.82) is 0 Å². The van der Waals surface area contributed by atoms with E-state index >= 15 is 0 Å². The van der Waals surface area contributed by atoms with Crippen LogP contribution in [0.5, 0.6) is 0 Å². The second-order valence-corrected chi connectivity index (χ2v) is 5.82. The van der Waals surface area contributed by atoms with E-state index in [4.69, 9.17) is 14.6 Å². The van der Waals surface area contributed by atoms with E-state index in [1.807, 2.05) is 37.3 Å². The lowest BCUT2D eigenvalue weighted by molar-refractivity contribution is -0.138. The lowest BCUT2D eigenvalue weighted by Crippen LogP contribution is -2.18.